The number of carbonyl (C=O) groups excluding carboxylic acids is 2. The van der Waals surface area contributed by atoms with E-state index >= 15 is 0 Å². The second-order valence-electron chi connectivity index (χ2n) is 8.22. The Morgan fingerprint density at radius 1 is 1.10 bits per heavy atom. The van der Waals surface area contributed by atoms with E-state index in [1.54, 1.807) is 7.05 Å². The lowest BCUT2D eigenvalue weighted by molar-refractivity contribution is -0.140. The number of rotatable bonds is 8. The predicted molar refractivity (Wildman–Crippen MR) is 131 cm³/mol. The van der Waals surface area contributed by atoms with E-state index < -0.39 is 0 Å². The van der Waals surface area contributed by atoms with Gasteiger partial charge in [-0.1, -0.05) is 30.4 Å². The van der Waals surface area contributed by atoms with Crippen LogP contribution < -0.4 is 15.4 Å². The van der Waals surface area contributed by atoms with E-state index in [-0.39, 0.29) is 59.5 Å². The third kappa shape index (κ3) is 4.88. The second-order valence-corrected chi connectivity index (χ2v) is 8.22. The fraction of sp³-hybridized carbons (Fsp3) is 0.522. The van der Waals surface area contributed by atoms with E-state index in [9.17, 15) is 9.59 Å². The molecule has 168 valence electrons. The molecule has 0 radical (unpaired) electrons. The molecule has 0 spiro atoms. The number of amides is 2. The number of imide groups is 1. The second kappa shape index (κ2) is 10.5. The van der Waals surface area contributed by atoms with Crippen molar-refractivity contribution in [2.24, 2.45) is 28.7 Å². The number of allylic oxidation sites excluding steroid dienone is 2. The number of halogens is 1. The number of nitrogens with one attached hydrogen (secondary N) is 2. The van der Waals surface area contributed by atoms with Gasteiger partial charge in [-0.2, -0.15) is 0 Å². The Kier molecular flexibility index (Phi) is 7.96. The molecule has 2 fully saturated rings. The van der Waals surface area contributed by atoms with Gasteiger partial charge in [0.2, 0.25) is 11.8 Å². The molecule has 2 amide bonds. The Hall–Kier alpha value is -2.10. The lowest BCUT2D eigenvalue weighted by atomic mass is 9.85. The standard InChI is InChI=1S/C23H30N4O3.HI/c1-15-6-3-4-7-18(15)30-13-11-26-23(24-2)25-10-5-12-27-21(28)19-16-8-9-17(14-16)20(19)22(27)29;/h3-4,6-9,16-17,19-20H,5,10-14H2,1-2H3,(H2,24,25,26);1H. The zero-order valence-electron chi connectivity index (χ0n) is 18.0. The highest BCUT2D eigenvalue weighted by Crippen LogP contribution is 2.52. The zero-order valence-corrected chi connectivity index (χ0v) is 20.4. The van der Waals surface area contributed by atoms with E-state index in [1.165, 1.54) is 4.90 Å². The van der Waals surface area contributed by atoms with Gasteiger partial charge in [-0.15, -0.1) is 24.0 Å². The van der Waals surface area contributed by atoms with Gasteiger partial charge in [-0.25, -0.2) is 0 Å². The van der Waals surface area contributed by atoms with E-state index in [4.69, 9.17) is 4.74 Å². The smallest absolute Gasteiger partial charge is 0.233 e. The number of aliphatic imine (C=N–C) groups is 1. The maximum Gasteiger partial charge on any atom is 0.233 e. The molecule has 8 heteroatoms. The molecule has 1 aromatic carbocycles. The monoisotopic (exact) mass is 538 g/mol. The summed E-state index contributed by atoms with van der Waals surface area (Å²) in [5.41, 5.74) is 1.11. The largest absolute Gasteiger partial charge is 0.491 e. The highest BCUT2D eigenvalue weighted by Gasteiger charge is 2.58. The molecule has 3 aliphatic rings. The summed E-state index contributed by atoms with van der Waals surface area (Å²) in [4.78, 5) is 31.1. The van der Waals surface area contributed by atoms with Crippen LogP contribution in [0.25, 0.3) is 0 Å². The summed E-state index contributed by atoms with van der Waals surface area (Å²) >= 11 is 0. The zero-order chi connectivity index (χ0) is 21.1. The summed E-state index contributed by atoms with van der Waals surface area (Å²) in [5, 5.41) is 6.45. The van der Waals surface area contributed by atoms with Crippen molar-refractivity contribution in [3.8, 4) is 5.75 Å². The molecule has 1 aromatic rings. The highest BCUT2D eigenvalue weighted by atomic mass is 127. The number of fused-ring (bicyclic) bond motifs is 5. The Morgan fingerprint density at radius 2 is 1.74 bits per heavy atom. The first-order valence-corrected chi connectivity index (χ1v) is 10.8. The van der Waals surface area contributed by atoms with Crippen LogP contribution in [0.15, 0.2) is 41.4 Å². The molecule has 0 aromatic heterocycles. The summed E-state index contributed by atoms with van der Waals surface area (Å²) in [6, 6.07) is 7.93. The lowest BCUT2D eigenvalue weighted by Gasteiger charge is -2.18. The van der Waals surface area contributed by atoms with E-state index in [0.717, 1.165) is 17.7 Å². The predicted octanol–water partition coefficient (Wildman–Crippen LogP) is 2.35. The number of likely N-dealkylation sites (tertiary alicyclic amines) is 1. The summed E-state index contributed by atoms with van der Waals surface area (Å²) in [7, 11) is 1.72. The topological polar surface area (TPSA) is 83.0 Å². The fourth-order valence-corrected chi connectivity index (χ4v) is 4.90. The molecule has 2 N–H and O–H groups in total. The number of carbonyl (C=O) groups is 2. The molecule has 1 saturated heterocycles. The third-order valence-corrected chi connectivity index (χ3v) is 6.38. The molecule has 2 bridgehead atoms. The van der Waals surface area contributed by atoms with Gasteiger partial charge < -0.3 is 15.4 Å². The highest BCUT2D eigenvalue weighted by molar-refractivity contribution is 14.0. The van der Waals surface area contributed by atoms with Gasteiger partial charge in [0.25, 0.3) is 0 Å². The lowest BCUT2D eigenvalue weighted by Crippen LogP contribution is -2.41. The first-order chi connectivity index (χ1) is 14.6. The van der Waals surface area contributed by atoms with Crippen LogP contribution in [0.1, 0.15) is 18.4 Å². The molecule has 1 heterocycles. The minimum absolute atomic E-state index is 0. The van der Waals surface area contributed by atoms with Crippen molar-refractivity contribution in [3.05, 3.63) is 42.0 Å². The summed E-state index contributed by atoms with van der Waals surface area (Å²) in [6.45, 7) is 4.27. The van der Waals surface area contributed by atoms with Crippen molar-refractivity contribution in [2.75, 3.05) is 33.3 Å². The van der Waals surface area contributed by atoms with Crippen LogP contribution in [0.5, 0.6) is 5.75 Å². The van der Waals surface area contributed by atoms with Gasteiger partial charge in [0.05, 0.1) is 18.4 Å². The Balaban J connectivity index is 0.00000272. The molecule has 7 nitrogen and oxygen atoms in total. The van der Waals surface area contributed by atoms with Crippen LogP contribution in [0.4, 0.5) is 0 Å². The van der Waals surface area contributed by atoms with E-state index in [2.05, 4.69) is 27.8 Å². The molecule has 4 atom stereocenters. The number of ether oxygens (including phenoxy) is 1. The maximum absolute atomic E-state index is 12.7. The van der Waals surface area contributed by atoms with Crippen LogP contribution in [0, 0.1) is 30.6 Å². The van der Waals surface area contributed by atoms with Gasteiger partial charge in [-0.3, -0.25) is 19.5 Å². The number of guanidine groups is 1. The Bertz CT molecular complexity index is 842. The van der Waals surface area contributed by atoms with E-state index in [0.29, 0.717) is 38.6 Å². The van der Waals surface area contributed by atoms with Crippen LogP contribution in [0.2, 0.25) is 0 Å². The van der Waals surface area contributed by atoms with Crippen LogP contribution in [0.3, 0.4) is 0 Å². The number of hydrogen-bond acceptors (Lipinski definition) is 4. The number of benzene rings is 1. The minimum Gasteiger partial charge on any atom is -0.491 e. The summed E-state index contributed by atoms with van der Waals surface area (Å²) in [6.07, 6.45) is 5.92. The first kappa shape index (κ1) is 23.6. The number of aryl methyl sites for hydroxylation is 1. The molecular formula is C23H31IN4O3. The van der Waals surface area contributed by atoms with Crippen molar-refractivity contribution in [2.45, 2.75) is 19.8 Å². The van der Waals surface area contributed by atoms with Gasteiger partial charge in [-0.05, 0) is 43.2 Å². The van der Waals surface area contributed by atoms with Crippen LogP contribution in [-0.2, 0) is 9.59 Å². The SMILES string of the molecule is CN=C(NCCCN1C(=O)C2C3C=CC(C3)C2C1=O)NCCOc1ccccc1C.I. The quantitative estimate of drug-likeness (QED) is 0.133. The van der Waals surface area contributed by atoms with Gasteiger partial charge in [0, 0.05) is 20.1 Å². The van der Waals surface area contributed by atoms with Crippen LogP contribution >= 0.6 is 24.0 Å². The summed E-state index contributed by atoms with van der Waals surface area (Å²) in [5.74, 6) is 1.94. The molecule has 31 heavy (non-hydrogen) atoms. The van der Waals surface area contributed by atoms with Crippen molar-refractivity contribution >= 4 is 41.8 Å². The van der Waals surface area contributed by atoms with Crippen molar-refractivity contribution in [1.82, 2.24) is 15.5 Å². The van der Waals surface area contributed by atoms with Crippen molar-refractivity contribution in [1.29, 1.82) is 0 Å². The maximum atomic E-state index is 12.7. The Morgan fingerprint density at radius 3 is 2.39 bits per heavy atom. The normalized spacial score (nSPS) is 26.1. The van der Waals surface area contributed by atoms with Crippen LogP contribution in [-0.4, -0.2) is 56.0 Å². The fourth-order valence-electron chi connectivity index (χ4n) is 4.90. The number of para-hydroxylation sites is 1. The molecule has 1 saturated carbocycles. The average Bonchev–Trinajstić information content (AvgIpc) is 3.43. The molecule has 2 aliphatic carbocycles. The van der Waals surface area contributed by atoms with Crippen molar-refractivity contribution < 1.29 is 14.3 Å². The molecular weight excluding hydrogens is 507 g/mol. The molecule has 4 rings (SSSR count). The van der Waals surface area contributed by atoms with Gasteiger partial charge in [0.15, 0.2) is 5.96 Å². The summed E-state index contributed by atoms with van der Waals surface area (Å²) < 4.78 is 5.77. The average molecular weight is 538 g/mol. The van der Waals surface area contributed by atoms with E-state index in [1.807, 2.05) is 31.2 Å². The Labute approximate surface area is 200 Å². The third-order valence-electron chi connectivity index (χ3n) is 6.38. The molecule has 1 aliphatic heterocycles. The first-order valence-electron chi connectivity index (χ1n) is 10.8. The number of nitrogens with zero attached hydrogens (tertiary/aromatic N) is 2. The van der Waals surface area contributed by atoms with Gasteiger partial charge >= 0.3 is 0 Å². The minimum atomic E-state index is -0.108. The van der Waals surface area contributed by atoms with Crippen molar-refractivity contribution in [3.63, 3.8) is 0 Å². The number of hydrogen-bond donors (Lipinski definition) is 2. The van der Waals surface area contributed by atoms with Gasteiger partial charge in [0.1, 0.15) is 12.4 Å². The molecule has 4 unspecified atom stereocenters.